The van der Waals surface area contributed by atoms with Gasteiger partial charge in [-0.25, -0.2) is 10.0 Å². The molecule has 0 N–H and O–H groups in total. The van der Waals surface area contributed by atoms with Gasteiger partial charge in [0.2, 0.25) is 0 Å². The van der Waals surface area contributed by atoms with Crippen LogP contribution < -0.4 is 0 Å². The summed E-state index contributed by atoms with van der Waals surface area (Å²) < 4.78 is 0. The summed E-state index contributed by atoms with van der Waals surface area (Å²) in [4.78, 5) is 0. The molecule has 0 saturated heterocycles. The Morgan fingerprint density at radius 3 is 2.15 bits per heavy atom. The zero-order valence-corrected chi connectivity index (χ0v) is 9.75. The zero-order valence-electron chi connectivity index (χ0n) is 9.75. The van der Waals surface area contributed by atoms with Crippen LogP contribution in [-0.2, 0) is 0 Å². The van der Waals surface area contributed by atoms with E-state index in [0.717, 1.165) is 12.5 Å². The quantitative estimate of drug-likeness (QED) is 0.461. The molecule has 0 aromatic heterocycles. The summed E-state index contributed by atoms with van der Waals surface area (Å²) in [6.45, 7) is 9.48. The van der Waals surface area contributed by atoms with Gasteiger partial charge in [-0.05, 0) is 11.8 Å². The van der Waals surface area contributed by atoms with Crippen molar-refractivity contribution in [2.75, 3.05) is 27.7 Å². The number of hydrogen-bond donors (Lipinski definition) is 0. The zero-order chi connectivity index (χ0) is 10.4. The normalized spacial score (nSPS) is 16.2. The molecule has 0 radical (unpaired) electrons. The first kappa shape index (κ1) is 12.7. The number of rotatable bonds is 6. The Labute approximate surface area is 83.2 Å². The van der Waals surface area contributed by atoms with E-state index in [-0.39, 0.29) is 0 Å². The Bertz CT molecular complexity index is 143. The molecule has 0 aliphatic heterocycles. The molecule has 0 aliphatic carbocycles. The van der Waals surface area contributed by atoms with Crippen LogP contribution >= 0.6 is 0 Å². The van der Waals surface area contributed by atoms with Crippen molar-refractivity contribution < 1.29 is 0 Å². The molecule has 0 bridgehead atoms. The molecule has 78 valence electrons. The fourth-order valence-corrected chi connectivity index (χ4v) is 1.26. The Balaban J connectivity index is 4.04. The maximum absolute atomic E-state index is 3.90. The molecule has 0 heterocycles. The van der Waals surface area contributed by atoms with Gasteiger partial charge in [-0.3, -0.25) is 0 Å². The average molecular weight is 184 g/mol. The van der Waals surface area contributed by atoms with E-state index < -0.39 is 0 Å². The van der Waals surface area contributed by atoms with Crippen LogP contribution in [0.4, 0.5) is 0 Å². The molecular formula is C11H24N2. The summed E-state index contributed by atoms with van der Waals surface area (Å²) in [5.41, 5.74) is 0. The van der Waals surface area contributed by atoms with Crippen molar-refractivity contribution in [3.63, 3.8) is 0 Å². The van der Waals surface area contributed by atoms with Crippen molar-refractivity contribution in [1.29, 1.82) is 0 Å². The first-order valence-corrected chi connectivity index (χ1v) is 5.03. The Hall–Kier alpha value is -0.340. The highest BCUT2D eigenvalue weighted by Gasteiger charge is 2.14. The fourth-order valence-electron chi connectivity index (χ4n) is 1.26. The standard InChI is InChI=1S/C11H24N2/c1-7-10(3)11(8-2)9-13(6)12(4)5/h8,10-11H,2,7,9H2,1,3-6H3/t10-,11?/m1/s1. The lowest BCUT2D eigenvalue weighted by Crippen LogP contribution is -2.37. The number of nitrogens with zero attached hydrogens (tertiary/aromatic N) is 2. The minimum atomic E-state index is 0.595. The van der Waals surface area contributed by atoms with Gasteiger partial charge < -0.3 is 0 Å². The maximum atomic E-state index is 3.90. The highest BCUT2D eigenvalue weighted by molar-refractivity contribution is 4.83. The van der Waals surface area contributed by atoms with E-state index >= 15 is 0 Å². The molecule has 0 aromatic carbocycles. The molecule has 0 aromatic rings. The van der Waals surface area contributed by atoms with Gasteiger partial charge >= 0.3 is 0 Å². The predicted octanol–water partition coefficient (Wildman–Crippen LogP) is 2.24. The molecule has 0 fully saturated rings. The lowest BCUT2D eigenvalue weighted by atomic mass is 9.92. The van der Waals surface area contributed by atoms with Gasteiger partial charge in [-0.15, -0.1) is 6.58 Å². The number of hydrazine groups is 1. The maximum Gasteiger partial charge on any atom is 0.0195 e. The van der Waals surface area contributed by atoms with Crippen LogP contribution in [0.25, 0.3) is 0 Å². The third-order valence-corrected chi connectivity index (χ3v) is 2.84. The smallest absolute Gasteiger partial charge is 0.0195 e. The first-order chi connectivity index (χ1) is 6.02. The van der Waals surface area contributed by atoms with Crippen molar-refractivity contribution in [3.8, 4) is 0 Å². The van der Waals surface area contributed by atoms with E-state index in [1.165, 1.54) is 6.42 Å². The van der Waals surface area contributed by atoms with E-state index in [1.807, 2.05) is 0 Å². The van der Waals surface area contributed by atoms with Crippen molar-refractivity contribution in [1.82, 2.24) is 10.0 Å². The van der Waals surface area contributed by atoms with Gasteiger partial charge in [0.15, 0.2) is 0 Å². The Morgan fingerprint density at radius 1 is 1.31 bits per heavy atom. The molecule has 0 amide bonds. The van der Waals surface area contributed by atoms with Crippen LogP contribution in [0, 0.1) is 11.8 Å². The molecule has 0 aliphatic rings. The molecule has 2 nitrogen and oxygen atoms in total. The predicted molar refractivity (Wildman–Crippen MR) is 59.5 cm³/mol. The topological polar surface area (TPSA) is 6.48 Å². The highest BCUT2D eigenvalue weighted by atomic mass is 15.6. The van der Waals surface area contributed by atoms with E-state index in [4.69, 9.17) is 0 Å². The third kappa shape index (κ3) is 4.44. The first-order valence-electron chi connectivity index (χ1n) is 5.03. The molecule has 1 unspecified atom stereocenters. The molecule has 2 heteroatoms. The summed E-state index contributed by atoms with van der Waals surface area (Å²) in [5.74, 6) is 1.32. The van der Waals surface area contributed by atoms with Crippen LogP contribution in [0.2, 0.25) is 0 Å². The molecule has 0 rings (SSSR count). The van der Waals surface area contributed by atoms with Crippen molar-refractivity contribution in [3.05, 3.63) is 12.7 Å². The van der Waals surface area contributed by atoms with Gasteiger partial charge in [0.05, 0.1) is 0 Å². The van der Waals surface area contributed by atoms with Crippen LogP contribution in [0.5, 0.6) is 0 Å². The van der Waals surface area contributed by atoms with Crippen molar-refractivity contribution in [2.45, 2.75) is 20.3 Å². The van der Waals surface area contributed by atoms with E-state index in [2.05, 4.69) is 57.7 Å². The molecule has 0 saturated carbocycles. The van der Waals surface area contributed by atoms with Crippen LogP contribution in [0.1, 0.15) is 20.3 Å². The Morgan fingerprint density at radius 2 is 1.85 bits per heavy atom. The summed E-state index contributed by atoms with van der Waals surface area (Å²) in [7, 11) is 6.24. The highest BCUT2D eigenvalue weighted by Crippen LogP contribution is 2.17. The van der Waals surface area contributed by atoms with Crippen molar-refractivity contribution in [2.24, 2.45) is 11.8 Å². The SMILES string of the molecule is C=CC(CN(C)N(C)C)[C@H](C)CC. The second kappa shape index (κ2) is 6.17. The minimum Gasteiger partial charge on any atom is -0.248 e. The molecule has 2 atom stereocenters. The fraction of sp³-hybridized carbons (Fsp3) is 0.818. The molecule has 13 heavy (non-hydrogen) atoms. The monoisotopic (exact) mass is 184 g/mol. The molecular weight excluding hydrogens is 160 g/mol. The van der Waals surface area contributed by atoms with E-state index in [9.17, 15) is 0 Å². The second-order valence-corrected chi connectivity index (χ2v) is 3.97. The number of hydrogen-bond acceptors (Lipinski definition) is 2. The van der Waals surface area contributed by atoms with Gasteiger partial charge in [0.1, 0.15) is 0 Å². The van der Waals surface area contributed by atoms with Gasteiger partial charge in [0, 0.05) is 27.7 Å². The lowest BCUT2D eigenvalue weighted by Gasteiger charge is -2.30. The van der Waals surface area contributed by atoms with Crippen LogP contribution in [0.15, 0.2) is 12.7 Å². The van der Waals surface area contributed by atoms with E-state index in [0.29, 0.717) is 5.92 Å². The molecule has 0 spiro atoms. The minimum absolute atomic E-state index is 0.595. The summed E-state index contributed by atoms with van der Waals surface area (Å²) in [6.07, 6.45) is 3.30. The van der Waals surface area contributed by atoms with Gasteiger partial charge in [-0.2, -0.15) is 0 Å². The van der Waals surface area contributed by atoms with E-state index in [1.54, 1.807) is 0 Å². The van der Waals surface area contributed by atoms with Crippen LogP contribution in [-0.4, -0.2) is 37.7 Å². The lowest BCUT2D eigenvalue weighted by molar-refractivity contribution is 0.0380. The van der Waals surface area contributed by atoms with Crippen LogP contribution in [0.3, 0.4) is 0 Å². The average Bonchev–Trinajstić information content (AvgIpc) is 2.12. The second-order valence-electron chi connectivity index (χ2n) is 3.97. The van der Waals surface area contributed by atoms with Gasteiger partial charge in [0.25, 0.3) is 0 Å². The third-order valence-electron chi connectivity index (χ3n) is 2.84. The van der Waals surface area contributed by atoms with Gasteiger partial charge in [-0.1, -0.05) is 26.3 Å². The Kier molecular flexibility index (Phi) is 6.00. The summed E-state index contributed by atoms with van der Waals surface area (Å²) >= 11 is 0. The summed E-state index contributed by atoms with van der Waals surface area (Å²) in [6, 6.07) is 0. The summed E-state index contributed by atoms with van der Waals surface area (Å²) in [5, 5.41) is 4.33. The largest absolute Gasteiger partial charge is 0.248 e. The van der Waals surface area contributed by atoms with Crippen molar-refractivity contribution >= 4 is 0 Å².